The molecule has 0 rings (SSSR count). The average molecular weight is 168 g/mol. The molecule has 0 atom stereocenters. The van der Waals surface area contributed by atoms with Crippen molar-refractivity contribution in [3.8, 4) is 0 Å². The first-order valence-corrected chi connectivity index (χ1v) is 2.33. The zero-order valence-electron chi connectivity index (χ0n) is 5.75. The molecule has 0 aromatic heterocycles. The van der Waals surface area contributed by atoms with Gasteiger partial charge < -0.3 is 0 Å². The van der Waals surface area contributed by atoms with Crippen LogP contribution in [0.25, 0.3) is 0 Å². The molecule has 0 saturated heterocycles. The zero-order valence-corrected chi connectivity index (χ0v) is 5.75. The summed E-state index contributed by atoms with van der Waals surface area (Å²) in [6.45, 7) is 2.98. The first kappa shape index (κ1) is 10.3. The fraction of sp³-hybridized carbons (Fsp3) is 0. The molecule has 0 heterocycles. The van der Waals surface area contributed by atoms with E-state index in [9.17, 15) is 0 Å². The summed E-state index contributed by atoms with van der Waals surface area (Å²) in [6, 6.07) is 0. The second kappa shape index (κ2) is 3.14. The van der Waals surface area contributed by atoms with Crippen molar-refractivity contribution >= 4 is 6.72 Å². The van der Waals surface area contributed by atoms with Crippen LogP contribution in [0.5, 0.6) is 0 Å². The molecule has 10 nitrogen and oxygen atoms in total. The van der Waals surface area contributed by atoms with E-state index in [2.05, 4.69) is 27.6 Å². The molecule has 0 aliphatic carbocycles. The molecule has 0 amide bonds. The van der Waals surface area contributed by atoms with Crippen molar-refractivity contribution in [3.05, 3.63) is 0 Å². The predicted molar refractivity (Wildman–Crippen MR) is 33.2 cm³/mol. The van der Waals surface area contributed by atoms with E-state index >= 15 is 0 Å². The Kier molecular flexibility index (Phi) is 2.94. The molecule has 10 N–H and O–H groups in total. The first-order valence-electron chi connectivity index (χ1n) is 2.33. The number of quaternary nitrogens is 2. The summed E-state index contributed by atoms with van der Waals surface area (Å²) in [7, 11) is 0. The molecule has 11 heavy (non-hydrogen) atoms. The Morgan fingerprint density at radius 3 is 1.91 bits per heavy atom. The van der Waals surface area contributed by atoms with E-state index in [1.807, 2.05) is 0 Å². The Labute approximate surface area is 62.2 Å². The third-order valence-corrected chi connectivity index (χ3v) is 0.644. The Bertz CT molecular complexity index is 141. The minimum Gasteiger partial charge on any atom is -0.152 e. The largest absolute Gasteiger partial charge is 0.183 e. The highest BCUT2D eigenvalue weighted by molar-refractivity contribution is 5.21. The van der Waals surface area contributed by atoms with Gasteiger partial charge in [-0.15, -0.1) is 0 Å². The van der Waals surface area contributed by atoms with Gasteiger partial charge in [0.1, 0.15) is 9.91 Å². The van der Waals surface area contributed by atoms with Gasteiger partial charge in [-0.1, -0.05) is 23.4 Å². The predicted octanol–water partition coefficient (Wildman–Crippen LogP) is -3.62. The molecule has 0 aromatic rings. The molecule has 0 unspecified atom stereocenters. The lowest BCUT2D eigenvalue weighted by Crippen LogP contribution is -2.71. The minimum atomic E-state index is -1.49. The van der Waals surface area contributed by atoms with Crippen LogP contribution in [0, 0.1) is 0 Å². The summed E-state index contributed by atoms with van der Waals surface area (Å²) in [5.41, 5.74) is 0. The van der Waals surface area contributed by atoms with Crippen LogP contribution in [-0.2, 0) is 9.88 Å². The monoisotopic (exact) mass is 168 g/mol. The van der Waals surface area contributed by atoms with Crippen molar-refractivity contribution in [2.75, 3.05) is 0 Å². The molecule has 0 fully saturated rings. The molecule has 0 bridgehead atoms. The summed E-state index contributed by atoms with van der Waals surface area (Å²) < 4.78 is 0. The van der Waals surface area contributed by atoms with Gasteiger partial charge >= 0.3 is 0 Å². The van der Waals surface area contributed by atoms with Gasteiger partial charge in [-0.2, -0.15) is 5.90 Å². The van der Waals surface area contributed by atoms with Crippen LogP contribution in [0.2, 0.25) is 0 Å². The SMILES string of the molecule is C=N[N+](N)(N)O[N+](N)(N)ON. The quantitative estimate of drug-likeness (QED) is 0.125. The van der Waals surface area contributed by atoms with E-state index in [0.717, 1.165) is 0 Å². The number of rotatable bonds is 4. The Morgan fingerprint density at radius 2 is 1.64 bits per heavy atom. The highest BCUT2D eigenvalue weighted by atomic mass is 17.2. The van der Waals surface area contributed by atoms with E-state index in [-0.39, 0.29) is 0 Å². The van der Waals surface area contributed by atoms with Gasteiger partial charge in [0.2, 0.25) is 0 Å². The first-order chi connectivity index (χ1) is 4.83. The second-order valence-electron chi connectivity index (χ2n) is 1.65. The van der Waals surface area contributed by atoms with Crippen molar-refractivity contribution in [1.29, 1.82) is 0 Å². The van der Waals surface area contributed by atoms with Gasteiger partial charge in [0, 0.05) is 0 Å². The Morgan fingerprint density at radius 1 is 1.18 bits per heavy atom. The normalized spacial score (nSPS) is 13.2. The van der Waals surface area contributed by atoms with Gasteiger partial charge in [0.15, 0.2) is 5.03 Å². The number of hydrogen-bond donors (Lipinski definition) is 5. The van der Waals surface area contributed by atoms with Crippen LogP contribution in [0.4, 0.5) is 0 Å². The van der Waals surface area contributed by atoms with Gasteiger partial charge in [0.25, 0.3) is 0 Å². The highest BCUT2D eigenvalue weighted by Crippen LogP contribution is 1.95. The number of hydrogen-bond acceptors (Lipinski definition) is 8. The summed E-state index contributed by atoms with van der Waals surface area (Å²) in [4.78, 5) is 6.89. The molecular formula is CH12N8O2+2. The molecule has 0 aliphatic rings. The molecule has 0 spiro atoms. The van der Waals surface area contributed by atoms with Crippen LogP contribution in [-0.4, -0.2) is 16.7 Å². The van der Waals surface area contributed by atoms with Gasteiger partial charge in [0.05, 0.1) is 6.72 Å². The summed E-state index contributed by atoms with van der Waals surface area (Å²) >= 11 is 0. The van der Waals surface area contributed by atoms with Crippen molar-refractivity contribution in [1.82, 2.24) is 0 Å². The lowest BCUT2D eigenvalue weighted by Gasteiger charge is -2.19. The van der Waals surface area contributed by atoms with Crippen LogP contribution >= 0.6 is 0 Å². The fourth-order valence-electron chi connectivity index (χ4n) is 0.249. The summed E-state index contributed by atoms with van der Waals surface area (Å²) in [5.74, 6) is 24.6. The van der Waals surface area contributed by atoms with E-state index < -0.39 is 10.0 Å². The Hall–Kier alpha value is -0.690. The zero-order chi connectivity index (χ0) is 9.12. The minimum absolute atomic E-state index is 1.33. The molecule has 66 valence electrons. The smallest absolute Gasteiger partial charge is 0.152 e. The molecular weight excluding hydrogens is 156 g/mol. The second-order valence-corrected chi connectivity index (χ2v) is 1.65. The van der Waals surface area contributed by atoms with E-state index in [1.165, 1.54) is 0 Å². The third kappa shape index (κ3) is 3.89. The van der Waals surface area contributed by atoms with Crippen molar-refractivity contribution in [2.24, 2.45) is 34.4 Å². The van der Waals surface area contributed by atoms with Gasteiger partial charge in [-0.05, 0) is 10.0 Å². The molecule has 0 aromatic carbocycles. The third-order valence-electron chi connectivity index (χ3n) is 0.644. The van der Waals surface area contributed by atoms with Crippen molar-refractivity contribution < 1.29 is 19.9 Å². The maximum absolute atomic E-state index is 5.03. The van der Waals surface area contributed by atoms with Crippen molar-refractivity contribution in [2.45, 2.75) is 0 Å². The van der Waals surface area contributed by atoms with Crippen molar-refractivity contribution in [3.63, 3.8) is 0 Å². The van der Waals surface area contributed by atoms with E-state index in [1.54, 1.807) is 0 Å². The lowest BCUT2D eigenvalue weighted by molar-refractivity contribution is -1.44. The average Bonchev–Trinajstić information content (AvgIpc) is 1.86. The molecule has 0 saturated carbocycles. The summed E-state index contributed by atoms with van der Waals surface area (Å²) in [5, 5.41) is 1.57. The maximum atomic E-state index is 5.03. The standard InChI is InChI=1S/CH12N8O2/c1-7-8(2,3)11-9(4,5)10-6/h1-6H2/q+2. The molecule has 10 heteroatoms. The van der Waals surface area contributed by atoms with Crippen LogP contribution in [0.15, 0.2) is 5.10 Å². The van der Waals surface area contributed by atoms with Crippen LogP contribution in [0.3, 0.4) is 0 Å². The van der Waals surface area contributed by atoms with Crippen LogP contribution < -0.4 is 29.3 Å². The Balaban J connectivity index is 4.12. The topological polar surface area (TPSA) is 161 Å². The molecule has 0 aliphatic heterocycles. The lowest BCUT2D eigenvalue weighted by atomic mass is 11.7. The highest BCUT2D eigenvalue weighted by Gasteiger charge is 2.37. The van der Waals surface area contributed by atoms with E-state index in [4.69, 9.17) is 23.4 Å². The fourth-order valence-corrected chi connectivity index (χ4v) is 0.249. The van der Waals surface area contributed by atoms with Crippen LogP contribution in [0.1, 0.15) is 0 Å². The summed E-state index contributed by atoms with van der Waals surface area (Å²) in [6.07, 6.45) is 0. The number of nitrogens with zero attached hydrogens (tertiary/aromatic N) is 3. The van der Waals surface area contributed by atoms with E-state index in [0.29, 0.717) is 0 Å². The van der Waals surface area contributed by atoms with Gasteiger partial charge in [-0.3, -0.25) is 0 Å². The maximum Gasteiger partial charge on any atom is 0.183 e. The number of nitrogens with two attached hydrogens (primary N) is 5. The van der Waals surface area contributed by atoms with Gasteiger partial charge in [-0.25, -0.2) is 0 Å². The molecule has 0 radical (unpaired) electrons.